The second kappa shape index (κ2) is 7.25. The summed E-state index contributed by atoms with van der Waals surface area (Å²) in [5.74, 6) is 2.63. The number of H-pyrrole nitrogens is 1. The van der Waals surface area contributed by atoms with Crippen molar-refractivity contribution in [2.24, 2.45) is 11.8 Å². The first-order chi connectivity index (χ1) is 15.7. The molecule has 2 aromatic heterocycles. The zero-order valence-corrected chi connectivity index (χ0v) is 18.1. The molecule has 4 aliphatic rings. The number of ether oxygens (including phenoxy) is 1. The van der Waals surface area contributed by atoms with Crippen LogP contribution < -0.4 is 5.32 Å². The molecule has 4 heterocycles. The largest absolute Gasteiger partial charge is 0.381 e. The van der Waals surface area contributed by atoms with Gasteiger partial charge in [-0.15, -0.1) is 0 Å². The summed E-state index contributed by atoms with van der Waals surface area (Å²) in [4.78, 5) is 15.3. The first-order valence-corrected chi connectivity index (χ1v) is 11.9. The van der Waals surface area contributed by atoms with E-state index in [9.17, 15) is 4.39 Å². The van der Waals surface area contributed by atoms with Crippen molar-refractivity contribution in [3.8, 4) is 0 Å². The van der Waals surface area contributed by atoms with Gasteiger partial charge in [0.25, 0.3) is 0 Å². The van der Waals surface area contributed by atoms with Gasteiger partial charge in [-0.25, -0.2) is 14.4 Å². The molecule has 1 saturated carbocycles. The average molecular weight is 434 g/mol. The minimum atomic E-state index is -0.155. The number of fused-ring (bicyclic) bond motifs is 3. The number of hydrogen-bond acceptors (Lipinski definition) is 5. The van der Waals surface area contributed by atoms with Crippen molar-refractivity contribution in [2.45, 2.75) is 43.7 Å². The molecule has 2 aliphatic carbocycles. The predicted molar refractivity (Wildman–Crippen MR) is 120 cm³/mol. The van der Waals surface area contributed by atoms with Crippen molar-refractivity contribution >= 4 is 16.9 Å². The van der Waals surface area contributed by atoms with E-state index in [0.717, 1.165) is 61.6 Å². The van der Waals surface area contributed by atoms with E-state index in [1.54, 1.807) is 18.5 Å². The summed E-state index contributed by atoms with van der Waals surface area (Å²) in [6, 6.07) is 7.92. The Labute approximate surface area is 186 Å². The molecule has 3 fully saturated rings. The standard InChI is InChI=1S/C25H28FN5O/c26-18-4-5-19-15(7-18)3-6-22(31-9-16-11-32-12-17(16)10-31)23(19)30-25-20-8-21(14-1-2-14)29-24(20)27-13-28-25/h4-5,7-8,13-14,16-17,22-23H,1-3,6,9-12H2,(H2,27,28,29,30)/t16?,17?,22-,23-/m1/s1. The van der Waals surface area contributed by atoms with Crippen LogP contribution >= 0.6 is 0 Å². The van der Waals surface area contributed by atoms with Crippen LogP contribution in [0.25, 0.3) is 11.0 Å². The van der Waals surface area contributed by atoms with E-state index in [1.165, 1.54) is 24.1 Å². The van der Waals surface area contributed by atoms with Gasteiger partial charge in [0.15, 0.2) is 0 Å². The molecule has 0 radical (unpaired) electrons. The van der Waals surface area contributed by atoms with Crippen molar-refractivity contribution in [2.75, 3.05) is 31.6 Å². The number of aromatic amines is 1. The summed E-state index contributed by atoms with van der Waals surface area (Å²) in [6.07, 6.45) is 6.05. The van der Waals surface area contributed by atoms with E-state index in [4.69, 9.17) is 4.74 Å². The van der Waals surface area contributed by atoms with Crippen LogP contribution in [0.1, 0.15) is 48.0 Å². The molecule has 2 unspecified atom stereocenters. The SMILES string of the molecule is Fc1ccc2c(c1)CC[C@@H](N1CC3COCC3C1)[C@@H]2Nc1ncnc2[nH]c(C3CC3)cc12. The normalized spacial score (nSPS) is 29.9. The second-order valence-corrected chi connectivity index (χ2v) is 10.1. The Bertz CT molecular complexity index is 1160. The lowest BCUT2D eigenvalue weighted by atomic mass is 9.83. The van der Waals surface area contributed by atoms with Gasteiger partial charge in [0, 0.05) is 36.7 Å². The number of rotatable bonds is 4. The highest BCUT2D eigenvalue weighted by molar-refractivity contribution is 5.88. The molecule has 1 aromatic carbocycles. The van der Waals surface area contributed by atoms with Gasteiger partial charge in [-0.3, -0.25) is 4.90 Å². The Hall–Kier alpha value is -2.51. The highest BCUT2D eigenvalue weighted by atomic mass is 19.1. The predicted octanol–water partition coefficient (Wildman–Crippen LogP) is 4.02. The maximum atomic E-state index is 14.0. The van der Waals surface area contributed by atoms with Crippen LogP contribution in [0, 0.1) is 17.7 Å². The number of anilines is 1. The van der Waals surface area contributed by atoms with Gasteiger partial charge in [-0.2, -0.15) is 0 Å². The summed E-state index contributed by atoms with van der Waals surface area (Å²) in [5.41, 5.74) is 4.46. The minimum absolute atomic E-state index is 0.0662. The molecular formula is C25H28FN5O. The first-order valence-electron chi connectivity index (χ1n) is 11.9. The van der Waals surface area contributed by atoms with Gasteiger partial charge in [0.1, 0.15) is 23.6 Å². The number of aromatic nitrogens is 3. The van der Waals surface area contributed by atoms with Gasteiger partial charge >= 0.3 is 0 Å². The molecule has 166 valence electrons. The Balaban J connectivity index is 1.26. The lowest BCUT2D eigenvalue weighted by Gasteiger charge is -2.40. The van der Waals surface area contributed by atoms with Crippen molar-refractivity contribution < 1.29 is 9.13 Å². The second-order valence-electron chi connectivity index (χ2n) is 10.1. The molecule has 0 spiro atoms. The fourth-order valence-electron chi connectivity index (χ4n) is 6.17. The van der Waals surface area contributed by atoms with Gasteiger partial charge in [0.2, 0.25) is 0 Å². The van der Waals surface area contributed by atoms with Crippen LogP contribution in [-0.4, -0.2) is 52.2 Å². The molecular weight excluding hydrogens is 405 g/mol. The third-order valence-corrected chi connectivity index (χ3v) is 8.03. The van der Waals surface area contributed by atoms with Crippen molar-refractivity contribution in [1.82, 2.24) is 19.9 Å². The van der Waals surface area contributed by atoms with Crippen LogP contribution in [0.15, 0.2) is 30.6 Å². The summed E-state index contributed by atoms with van der Waals surface area (Å²) >= 11 is 0. The molecule has 2 aliphatic heterocycles. The number of benzene rings is 1. The fourth-order valence-corrected chi connectivity index (χ4v) is 6.17. The molecule has 0 bridgehead atoms. The van der Waals surface area contributed by atoms with Crippen LogP contribution in [0.4, 0.5) is 10.2 Å². The summed E-state index contributed by atoms with van der Waals surface area (Å²) < 4.78 is 19.7. The van der Waals surface area contributed by atoms with Crippen LogP contribution in [0.5, 0.6) is 0 Å². The Morgan fingerprint density at radius 3 is 2.72 bits per heavy atom. The van der Waals surface area contributed by atoms with Gasteiger partial charge in [-0.1, -0.05) is 6.07 Å². The van der Waals surface area contributed by atoms with Crippen molar-refractivity contribution in [3.05, 3.63) is 53.2 Å². The van der Waals surface area contributed by atoms with E-state index < -0.39 is 0 Å². The van der Waals surface area contributed by atoms with Crippen molar-refractivity contribution in [3.63, 3.8) is 0 Å². The quantitative estimate of drug-likeness (QED) is 0.651. The lowest BCUT2D eigenvalue weighted by molar-refractivity contribution is 0.127. The van der Waals surface area contributed by atoms with Gasteiger partial charge in [0.05, 0.1) is 24.6 Å². The zero-order chi connectivity index (χ0) is 21.2. The average Bonchev–Trinajstić information content (AvgIpc) is 3.20. The zero-order valence-electron chi connectivity index (χ0n) is 18.1. The highest BCUT2D eigenvalue weighted by Gasteiger charge is 2.43. The van der Waals surface area contributed by atoms with Crippen LogP contribution in [0.3, 0.4) is 0 Å². The molecule has 2 saturated heterocycles. The Morgan fingerprint density at radius 1 is 1.06 bits per heavy atom. The summed E-state index contributed by atoms with van der Waals surface area (Å²) in [6.45, 7) is 3.93. The maximum absolute atomic E-state index is 14.0. The van der Waals surface area contributed by atoms with Gasteiger partial charge < -0.3 is 15.0 Å². The monoisotopic (exact) mass is 433 g/mol. The fraction of sp³-hybridized carbons (Fsp3) is 0.520. The molecule has 4 atom stereocenters. The number of aryl methyl sites for hydroxylation is 1. The number of likely N-dealkylation sites (tertiary alicyclic amines) is 1. The number of nitrogens with zero attached hydrogens (tertiary/aromatic N) is 3. The molecule has 32 heavy (non-hydrogen) atoms. The van der Waals surface area contributed by atoms with Crippen molar-refractivity contribution in [1.29, 1.82) is 0 Å². The topological polar surface area (TPSA) is 66.1 Å². The molecule has 7 heteroatoms. The van der Waals surface area contributed by atoms with Gasteiger partial charge in [-0.05, 0) is 60.9 Å². The summed E-state index contributed by atoms with van der Waals surface area (Å²) in [7, 11) is 0. The van der Waals surface area contributed by atoms with E-state index in [1.807, 2.05) is 6.07 Å². The van der Waals surface area contributed by atoms with E-state index in [0.29, 0.717) is 23.8 Å². The third-order valence-electron chi connectivity index (χ3n) is 8.03. The Morgan fingerprint density at radius 2 is 1.91 bits per heavy atom. The number of halogens is 1. The number of hydrogen-bond donors (Lipinski definition) is 2. The highest BCUT2D eigenvalue weighted by Crippen LogP contribution is 2.43. The number of nitrogens with one attached hydrogen (secondary N) is 2. The Kier molecular flexibility index (Phi) is 4.31. The third kappa shape index (κ3) is 3.13. The van der Waals surface area contributed by atoms with E-state index >= 15 is 0 Å². The smallest absolute Gasteiger partial charge is 0.143 e. The molecule has 3 aromatic rings. The molecule has 2 N–H and O–H groups in total. The van der Waals surface area contributed by atoms with Crippen LogP contribution in [-0.2, 0) is 11.2 Å². The first kappa shape index (κ1) is 19.0. The molecule has 7 rings (SSSR count). The summed E-state index contributed by atoms with van der Waals surface area (Å²) in [5, 5.41) is 4.85. The maximum Gasteiger partial charge on any atom is 0.143 e. The van der Waals surface area contributed by atoms with Crippen LogP contribution in [0.2, 0.25) is 0 Å². The lowest BCUT2D eigenvalue weighted by Crippen LogP contribution is -2.44. The molecule has 0 amide bonds. The van der Waals surface area contributed by atoms with E-state index in [-0.39, 0.29) is 11.9 Å². The van der Waals surface area contributed by atoms with E-state index in [2.05, 4.69) is 31.2 Å². The molecule has 6 nitrogen and oxygen atoms in total. The minimum Gasteiger partial charge on any atom is -0.381 e.